The number of fused-ring (bicyclic) bond motifs is 1. The predicted octanol–water partition coefficient (Wildman–Crippen LogP) is 1.72. The van der Waals surface area contributed by atoms with E-state index in [1.807, 2.05) is 24.3 Å². The van der Waals surface area contributed by atoms with E-state index in [4.69, 9.17) is 9.47 Å². The molecule has 1 amide bonds. The van der Waals surface area contributed by atoms with Crippen LogP contribution in [-0.2, 0) is 4.79 Å². The van der Waals surface area contributed by atoms with Crippen molar-refractivity contribution in [2.45, 2.75) is 38.8 Å². The zero-order chi connectivity index (χ0) is 15.6. The van der Waals surface area contributed by atoms with Crippen molar-refractivity contribution in [2.24, 2.45) is 5.41 Å². The van der Waals surface area contributed by atoms with Crippen LogP contribution in [0.5, 0.6) is 11.5 Å². The van der Waals surface area contributed by atoms with Crippen LogP contribution in [0.2, 0.25) is 0 Å². The summed E-state index contributed by atoms with van der Waals surface area (Å²) in [6.45, 7) is 6.10. The Morgan fingerprint density at radius 2 is 2.14 bits per heavy atom. The van der Waals surface area contributed by atoms with Crippen molar-refractivity contribution in [1.82, 2.24) is 10.6 Å². The molecule has 2 N–H and O–H groups in total. The summed E-state index contributed by atoms with van der Waals surface area (Å²) in [6.07, 6.45) is 2.03. The summed E-state index contributed by atoms with van der Waals surface area (Å²) < 4.78 is 11.5. The molecule has 0 saturated carbocycles. The molecule has 2 unspecified atom stereocenters. The van der Waals surface area contributed by atoms with Crippen LogP contribution >= 0.6 is 0 Å². The molecule has 5 nitrogen and oxygen atoms in total. The van der Waals surface area contributed by atoms with E-state index in [-0.39, 0.29) is 23.5 Å². The second-order valence-electron chi connectivity index (χ2n) is 6.72. The highest BCUT2D eigenvalue weighted by atomic mass is 16.6. The highest BCUT2D eigenvalue weighted by molar-refractivity contribution is 5.82. The standard InChI is InChI=1S/C17H24N2O3/c1-17(2)8-5-9-18-15(17)16(20)19-10-12-11-21-13-6-3-4-7-14(13)22-12/h3-4,6-7,12,15,18H,5,8-11H2,1-2H3,(H,19,20). The van der Waals surface area contributed by atoms with Gasteiger partial charge in [-0.05, 0) is 36.9 Å². The first-order chi connectivity index (χ1) is 10.6. The number of rotatable bonds is 3. The number of benzene rings is 1. The Hall–Kier alpha value is -1.75. The first-order valence-electron chi connectivity index (χ1n) is 7.96. The van der Waals surface area contributed by atoms with Crippen molar-refractivity contribution in [3.8, 4) is 11.5 Å². The van der Waals surface area contributed by atoms with Gasteiger partial charge in [-0.15, -0.1) is 0 Å². The maximum absolute atomic E-state index is 12.4. The molecule has 5 heteroatoms. The van der Waals surface area contributed by atoms with Crippen molar-refractivity contribution in [1.29, 1.82) is 0 Å². The highest BCUT2D eigenvalue weighted by Crippen LogP contribution is 2.31. The summed E-state index contributed by atoms with van der Waals surface area (Å²) >= 11 is 0. The molecular formula is C17H24N2O3. The van der Waals surface area contributed by atoms with Gasteiger partial charge in [-0.2, -0.15) is 0 Å². The summed E-state index contributed by atoms with van der Waals surface area (Å²) in [7, 11) is 0. The molecule has 22 heavy (non-hydrogen) atoms. The number of carbonyl (C=O) groups excluding carboxylic acids is 1. The lowest BCUT2D eigenvalue weighted by Crippen LogP contribution is -2.56. The van der Waals surface area contributed by atoms with Crippen molar-refractivity contribution in [3.05, 3.63) is 24.3 Å². The third-order valence-electron chi connectivity index (χ3n) is 4.46. The van der Waals surface area contributed by atoms with Crippen LogP contribution in [0.3, 0.4) is 0 Å². The van der Waals surface area contributed by atoms with Gasteiger partial charge in [0.15, 0.2) is 11.5 Å². The first-order valence-corrected chi connectivity index (χ1v) is 7.96. The largest absolute Gasteiger partial charge is 0.486 e. The Bertz CT molecular complexity index is 544. The Labute approximate surface area is 131 Å². The van der Waals surface area contributed by atoms with Crippen LogP contribution < -0.4 is 20.1 Å². The summed E-state index contributed by atoms with van der Waals surface area (Å²) in [5.41, 5.74) is -0.0150. The maximum Gasteiger partial charge on any atom is 0.237 e. The highest BCUT2D eigenvalue weighted by Gasteiger charge is 2.37. The van der Waals surface area contributed by atoms with Gasteiger partial charge >= 0.3 is 0 Å². The van der Waals surface area contributed by atoms with Gasteiger partial charge in [0.05, 0.1) is 12.6 Å². The lowest BCUT2D eigenvalue weighted by molar-refractivity contribution is -0.127. The lowest BCUT2D eigenvalue weighted by atomic mass is 9.77. The molecule has 2 aliphatic heterocycles. The van der Waals surface area contributed by atoms with Crippen LogP contribution in [0.4, 0.5) is 0 Å². The van der Waals surface area contributed by atoms with E-state index in [1.165, 1.54) is 0 Å². The average molecular weight is 304 g/mol. The van der Waals surface area contributed by atoms with Crippen molar-refractivity contribution >= 4 is 5.91 Å². The summed E-state index contributed by atoms with van der Waals surface area (Å²) in [6, 6.07) is 7.46. The molecule has 2 heterocycles. The van der Waals surface area contributed by atoms with Crippen LogP contribution in [0.15, 0.2) is 24.3 Å². The molecule has 0 aliphatic carbocycles. The van der Waals surface area contributed by atoms with Gasteiger partial charge in [-0.25, -0.2) is 0 Å². The van der Waals surface area contributed by atoms with E-state index in [1.54, 1.807) is 0 Å². The van der Waals surface area contributed by atoms with Crippen LogP contribution in [0.25, 0.3) is 0 Å². The van der Waals surface area contributed by atoms with E-state index in [0.29, 0.717) is 13.2 Å². The van der Waals surface area contributed by atoms with E-state index in [0.717, 1.165) is 30.9 Å². The molecule has 0 radical (unpaired) electrons. The number of nitrogens with one attached hydrogen (secondary N) is 2. The summed E-state index contributed by atoms with van der Waals surface area (Å²) in [4.78, 5) is 12.4. The SMILES string of the molecule is CC1(C)CCCNC1C(=O)NCC1COc2ccccc2O1. The molecule has 2 atom stereocenters. The Morgan fingerprint density at radius 3 is 2.91 bits per heavy atom. The predicted molar refractivity (Wildman–Crippen MR) is 84.2 cm³/mol. The topological polar surface area (TPSA) is 59.6 Å². The van der Waals surface area contributed by atoms with Gasteiger partial charge < -0.3 is 20.1 Å². The Kier molecular flexibility index (Phi) is 4.25. The molecule has 120 valence electrons. The van der Waals surface area contributed by atoms with Gasteiger partial charge in [0.25, 0.3) is 0 Å². The third-order valence-corrected chi connectivity index (χ3v) is 4.46. The minimum absolute atomic E-state index is 0.0150. The molecule has 3 rings (SSSR count). The Morgan fingerprint density at radius 1 is 1.36 bits per heavy atom. The molecule has 1 fully saturated rings. The monoisotopic (exact) mass is 304 g/mol. The number of para-hydroxylation sites is 2. The minimum Gasteiger partial charge on any atom is -0.486 e. The quantitative estimate of drug-likeness (QED) is 0.893. The minimum atomic E-state index is -0.148. The van der Waals surface area contributed by atoms with Crippen molar-refractivity contribution in [3.63, 3.8) is 0 Å². The van der Waals surface area contributed by atoms with Gasteiger partial charge in [-0.3, -0.25) is 4.79 Å². The van der Waals surface area contributed by atoms with Gasteiger partial charge in [0.2, 0.25) is 5.91 Å². The second kappa shape index (κ2) is 6.16. The number of piperidine rings is 1. The number of amides is 1. The van der Waals surface area contributed by atoms with Crippen LogP contribution in [0.1, 0.15) is 26.7 Å². The van der Waals surface area contributed by atoms with Crippen molar-refractivity contribution < 1.29 is 14.3 Å². The van der Waals surface area contributed by atoms with E-state index >= 15 is 0 Å². The van der Waals surface area contributed by atoms with Gasteiger partial charge in [0.1, 0.15) is 12.7 Å². The zero-order valence-electron chi connectivity index (χ0n) is 13.2. The zero-order valence-corrected chi connectivity index (χ0v) is 13.2. The normalized spacial score (nSPS) is 26.3. The van der Waals surface area contributed by atoms with Gasteiger partial charge in [-0.1, -0.05) is 26.0 Å². The Balaban J connectivity index is 1.54. The number of hydrogen-bond acceptors (Lipinski definition) is 4. The number of ether oxygens (including phenoxy) is 2. The average Bonchev–Trinajstić information content (AvgIpc) is 2.52. The fourth-order valence-electron chi connectivity index (χ4n) is 3.14. The molecule has 0 spiro atoms. The number of hydrogen-bond donors (Lipinski definition) is 2. The molecule has 0 aromatic heterocycles. The lowest BCUT2D eigenvalue weighted by Gasteiger charge is -2.38. The van der Waals surface area contributed by atoms with Crippen LogP contribution in [-0.4, -0.2) is 37.7 Å². The molecule has 1 aromatic carbocycles. The fraction of sp³-hybridized carbons (Fsp3) is 0.588. The van der Waals surface area contributed by atoms with Gasteiger partial charge in [0, 0.05) is 0 Å². The summed E-state index contributed by atoms with van der Waals surface area (Å²) in [5.74, 6) is 1.55. The fourth-order valence-corrected chi connectivity index (χ4v) is 3.14. The smallest absolute Gasteiger partial charge is 0.237 e. The molecule has 1 aromatic rings. The van der Waals surface area contributed by atoms with E-state index in [9.17, 15) is 4.79 Å². The third kappa shape index (κ3) is 3.19. The van der Waals surface area contributed by atoms with E-state index < -0.39 is 0 Å². The van der Waals surface area contributed by atoms with E-state index in [2.05, 4.69) is 24.5 Å². The second-order valence-corrected chi connectivity index (χ2v) is 6.72. The summed E-state index contributed by atoms with van der Waals surface area (Å²) in [5, 5.41) is 6.33. The number of carbonyl (C=O) groups is 1. The molecule has 0 bridgehead atoms. The van der Waals surface area contributed by atoms with Crippen LogP contribution in [0, 0.1) is 5.41 Å². The molecule has 2 aliphatic rings. The molecular weight excluding hydrogens is 280 g/mol. The van der Waals surface area contributed by atoms with Crippen molar-refractivity contribution in [2.75, 3.05) is 19.7 Å². The first kappa shape index (κ1) is 15.2. The maximum atomic E-state index is 12.4. The molecule has 1 saturated heterocycles.